The van der Waals surface area contributed by atoms with Gasteiger partial charge in [-0.05, 0) is 42.8 Å². The summed E-state index contributed by atoms with van der Waals surface area (Å²) in [4.78, 5) is 0. The third-order valence-electron chi connectivity index (χ3n) is 3.33. The molecule has 21 heavy (non-hydrogen) atoms. The number of ether oxygens (including phenoxy) is 2. The van der Waals surface area contributed by atoms with Crippen molar-refractivity contribution in [3.05, 3.63) is 59.4 Å². The van der Waals surface area contributed by atoms with Crippen molar-refractivity contribution >= 4 is 0 Å². The normalized spacial score (nSPS) is 10.4. The molecule has 2 rings (SSSR count). The lowest BCUT2D eigenvalue weighted by Crippen LogP contribution is -2.17. The van der Waals surface area contributed by atoms with Gasteiger partial charge in [0.25, 0.3) is 0 Å². The van der Waals surface area contributed by atoms with Gasteiger partial charge < -0.3 is 14.8 Å². The molecule has 0 spiro atoms. The second-order valence-corrected chi connectivity index (χ2v) is 4.70. The van der Waals surface area contributed by atoms with Crippen LogP contribution in [0.25, 0.3) is 0 Å². The Morgan fingerprint density at radius 3 is 2.52 bits per heavy atom. The van der Waals surface area contributed by atoms with Crippen LogP contribution in [-0.4, -0.2) is 20.8 Å². The van der Waals surface area contributed by atoms with Gasteiger partial charge in [0, 0.05) is 12.1 Å². The van der Waals surface area contributed by atoms with Crippen molar-refractivity contribution in [1.29, 1.82) is 0 Å². The average molecular weight is 289 g/mol. The van der Waals surface area contributed by atoms with Gasteiger partial charge in [0.1, 0.15) is 17.3 Å². The molecule has 0 bridgehead atoms. The highest BCUT2D eigenvalue weighted by Crippen LogP contribution is 2.23. The smallest absolute Gasteiger partial charge is 0.126 e. The minimum atomic E-state index is -0.154. The third kappa shape index (κ3) is 4.20. The Kier molecular flexibility index (Phi) is 5.58. The van der Waals surface area contributed by atoms with Crippen LogP contribution in [0.1, 0.15) is 11.1 Å². The van der Waals surface area contributed by atoms with E-state index >= 15 is 0 Å². The molecule has 0 atom stereocenters. The third-order valence-corrected chi connectivity index (χ3v) is 3.33. The van der Waals surface area contributed by atoms with Crippen LogP contribution in [0.2, 0.25) is 0 Å². The maximum absolute atomic E-state index is 13.5. The van der Waals surface area contributed by atoms with E-state index in [0.717, 1.165) is 22.6 Å². The summed E-state index contributed by atoms with van der Waals surface area (Å²) in [5, 5.41) is 3.30. The van der Waals surface area contributed by atoms with Gasteiger partial charge in [-0.25, -0.2) is 4.39 Å². The molecule has 4 heteroatoms. The van der Waals surface area contributed by atoms with Crippen molar-refractivity contribution in [2.75, 3.05) is 20.8 Å². The lowest BCUT2D eigenvalue weighted by atomic mass is 10.1. The monoisotopic (exact) mass is 289 g/mol. The Morgan fingerprint density at radius 2 is 1.81 bits per heavy atom. The SMILES string of the molecule is COc1ccc(OC)c(CNCCc2ccccc2F)c1. The molecule has 2 aromatic carbocycles. The van der Waals surface area contributed by atoms with Gasteiger partial charge in [-0.1, -0.05) is 18.2 Å². The van der Waals surface area contributed by atoms with E-state index in [0.29, 0.717) is 19.5 Å². The standard InChI is InChI=1S/C17H20FNO2/c1-20-15-7-8-17(21-2)14(11-15)12-19-10-9-13-5-3-4-6-16(13)18/h3-8,11,19H,9-10,12H2,1-2H3. The number of nitrogens with one attached hydrogen (secondary N) is 1. The summed E-state index contributed by atoms with van der Waals surface area (Å²) < 4.78 is 24.0. The molecule has 0 heterocycles. The second-order valence-electron chi connectivity index (χ2n) is 4.70. The fourth-order valence-corrected chi connectivity index (χ4v) is 2.17. The number of methoxy groups -OCH3 is 2. The van der Waals surface area contributed by atoms with Crippen LogP contribution in [0, 0.1) is 5.82 Å². The molecule has 0 saturated heterocycles. The number of halogens is 1. The zero-order valence-electron chi connectivity index (χ0n) is 12.4. The summed E-state index contributed by atoms with van der Waals surface area (Å²) in [5.41, 5.74) is 1.74. The van der Waals surface area contributed by atoms with E-state index in [2.05, 4.69) is 5.32 Å². The van der Waals surface area contributed by atoms with Crippen molar-refractivity contribution in [2.24, 2.45) is 0 Å². The molecule has 0 aromatic heterocycles. The number of hydrogen-bond acceptors (Lipinski definition) is 3. The Balaban J connectivity index is 1.90. The topological polar surface area (TPSA) is 30.5 Å². The summed E-state index contributed by atoms with van der Waals surface area (Å²) in [6, 6.07) is 12.5. The van der Waals surface area contributed by atoms with Gasteiger partial charge in [0.2, 0.25) is 0 Å². The van der Waals surface area contributed by atoms with Crippen LogP contribution in [0.15, 0.2) is 42.5 Å². The van der Waals surface area contributed by atoms with Crippen LogP contribution in [-0.2, 0) is 13.0 Å². The highest BCUT2D eigenvalue weighted by molar-refractivity contribution is 5.40. The maximum atomic E-state index is 13.5. The van der Waals surface area contributed by atoms with Gasteiger partial charge >= 0.3 is 0 Å². The first-order valence-corrected chi connectivity index (χ1v) is 6.89. The predicted molar refractivity (Wildman–Crippen MR) is 81.4 cm³/mol. The molecular formula is C17H20FNO2. The summed E-state index contributed by atoms with van der Waals surface area (Å²) in [6.07, 6.45) is 0.652. The highest BCUT2D eigenvalue weighted by atomic mass is 19.1. The maximum Gasteiger partial charge on any atom is 0.126 e. The largest absolute Gasteiger partial charge is 0.497 e. The van der Waals surface area contributed by atoms with Crippen molar-refractivity contribution in [2.45, 2.75) is 13.0 Å². The van der Waals surface area contributed by atoms with E-state index in [1.54, 1.807) is 20.3 Å². The molecule has 0 fully saturated rings. The molecule has 0 saturated carbocycles. The quantitative estimate of drug-likeness (QED) is 0.794. The molecule has 3 nitrogen and oxygen atoms in total. The summed E-state index contributed by atoms with van der Waals surface area (Å²) in [7, 11) is 3.28. The van der Waals surface area contributed by atoms with Crippen LogP contribution in [0.3, 0.4) is 0 Å². The lowest BCUT2D eigenvalue weighted by Gasteiger charge is -2.11. The van der Waals surface area contributed by atoms with Crippen LogP contribution in [0.4, 0.5) is 4.39 Å². The van der Waals surface area contributed by atoms with E-state index in [9.17, 15) is 4.39 Å². The number of hydrogen-bond donors (Lipinski definition) is 1. The zero-order chi connectivity index (χ0) is 15.1. The molecule has 0 aliphatic heterocycles. The van der Waals surface area contributed by atoms with Gasteiger partial charge in [0.05, 0.1) is 14.2 Å². The van der Waals surface area contributed by atoms with Crippen molar-refractivity contribution in [3.63, 3.8) is 0 Å². The molecule has 1 N–H and O–H groups in total. The molecule has 0 amide bonds. The highest BCUT2D eigenvalue weighted by Gasteiger charge is 2.05. The second kappa shape index (κ2) is 7.64. The van der Waals surface area contributed by atoms with E-state index in [1.165, 1.54) is 6.07 Å². The van der Waals surface area contributed by atoms with E-state index in [4.69, 9.17) is 9.47 Å². The van der Waals surface area contributed by atoms with E-state index < -0.39 is 0 Å². The Bertz CT molecular complexity index is 587. The van der Waals surface area contributed by atoms with Gasteiger partial charge in [-0.2, -0.15) is 0 Å². The van der Waals surface area contributed by atoms with Crippen LogP contribution >= 0.6 is 0 Å². The lowest BCUT2D eigenvalue weighted by molar-refractivity contribution is 0.397. The molecular weight excluding hydrogens is 269 g/mol. The first-order chi connectivity index (χ1) is 10.2. The molecule has 0 aliphatic rings. The first-order valence-electron chi connectivity index (χ1n) is 6.89. The minimum absolute atomic E-state index is 0.154. The predicted octanol–water partition coefficient (Wildman–Crippen LogP) is 3.18. The minimum Gasteiger partial charge on any atom is -0.497 e. The van der Waals surface area contributed by atoms with Crippen LogP contribution in [0.5, 0.6) is 11.5 Å². The summed E-state index contributed by atoms with van der Waals surface area (Å²) >= 11 is 0. The Morgan fingerprint density at radius 1 is 1.00 bits per heavy atom. The molecule has 0 radical (unpaired) electrons. The fraction of sp³-hybridized carbons (Fsp3) is 0.294. The number of rotatable bonds is 7. The van der Waals surface area contributed by atoms with Crippen molar-refractivity contribution < 1.29 is 13.9 Å². The summed E-state index contributed by atoms with van der Waals surface area (Å²) in [5.74, 6) is 1.45. The molecule has 0 unspecified atom stereocenters. The Hall–Kier alpha value is -2.07. The molecule has 112 valence electrons. The zero-order valence-corrected chi connectivity index (χ0v) is 12.4. The van der Waals surface area contributed by atoms with E-state index in [1.807, 2.05) is 30.3 Å². The summed E-state index contributed by atoms with van der Waals surface area (Å²) in [6.45, 7) is 1.34. The fourth-order valence-electron chi connectivity index (χ4n) is 2.17. The van der Waals surface area contributed by atoms with Crippen molar-refractivity contribution in [1.82, 2.24) is 5.32 Å². The Labute approximate surface area is 124 Å². The first kappa shape index (κ1) is 15.3. The van der Waals surface area contributed by atoms with E-state index in [-0.39, 0.29) is 5.82 Å². The van der Waals surface area contributed by atoms with Gasteiger partial charge in [-0.15, -0.1) is 0 Å². The van der Waals surface area contributed by atoms with Crippen molar-refractivity contribution in [3.8, 4) is 11.5 Å². The average Bonchev–Trinajstić information content (AvgIpc) is 2.52. The molecule has 2 aromatic rings. The molecule has 0 aliphatic carbocycles. The number of benzene rings is 2. The van der Waals surface area contributed by atoms with Crippen LogP contribution < -0.4 is 14.8 Å². The van der Waals surface area contributed by atoms with Gasteiger partial charge in [0.15, 0.2) is 0 Å². The van der Waals surface area contributed by atoms with Gasteiger partial charge in [-0.3, -0.25) is 0 Å².